The van der Waals surface area contributed by atoms with E-state index < -0.39 is 0 Å². The van der Waals surface area contributed by atoms with Crippen LogP contribution in [0.1, 0.15) is 16.7 Å². The van der Waals surface area contributed by atoms with Gasteiger partial charge in [0.05, 0.1) is 11.6 Å². The molecule has 0 atom stereocenters. The largest absolute Gasteiger partial charge is 0.192 e. The maximum Gasteiger partial charge on any atom is 0.0991 e. The Bertz CT molecular complexity index is 361. The van der Waals surface area contributed by atoms with Gasteiger partial charge in [-0.1, -0.05) is 34.1 Å². The Morgan fingerprint density at radius 1 is 1.54 bits per heavy atom. The van der Waals surface area contributed by atoms with E-state index in [2.05, 4.69) is 22.0 Å². The molecule has 1 aromatic carbocycles. The third-order valence-electron chi connectivity index (χ3n) is 1.79. The number of rotatable bonds is 2. The molecule has 0 spiro atoms. The second-order valence-electron chi connectivity index (χ2n) is 2.74. The van der Waals surface area contributed by atoms with Crippen LogP contribution in [0.3, 0.4) is 0 Å². The van der Waals surface area contributed by atoms with Gasteiger partial charge in [0.25, 0.3) is 0 Å². The first kappa shape index (κ1) is 10.0. The van der Waals surface area contributed by atoms with Crippen LogP contribution >= 0.6 is 15.9 Å². The summed E-state index contributed by atoms with van der Waals surface area (Å²) >= 11 is 3.32. The number of aryl methyl sites for hydroxylation is 1. The lowest BCUT2D eigenvalue weighted by molar-refractivity contribution is 1.40. The van der Waals surface area contributed by atoms with Crippen LogP contribution in [-0.2, 0) is 0 Å². The number of alkyl halides is 1. The van der Waals surface area contributed by atoms with Gasteiger partial charge in [-0.05, 0) is 30.2 Å². The van der Waals surface area contributed by atoms with Gasteiger partial charge in [0.2, 0.25) is 0 Å². The Balaban J connectivity index is 3.00. The minimum atomic E-state index is 0.716. The average molecular weight is 236 g/mol. The van der Waals surface area contributed by atoms with E-state index in [9.17, 15) is 0 Å². The summed E-state index contributed by atoms with van der Waals surface area (Å²) in [6, 6.07) is 7.81. The van der Waals surface area contributed by atoms with E-state index in [0.717, 1.165) is 10.9 Å². The van der Waals surface area contributed by atoms with Gasteiger partial charge in [0, 0.05) is 5.33 Å². The molecule has 0 amide bonds. The van der Waals surface area contributed by atoms with E-state index >= 15 is 0 Å². The zero-order valence-electron chi connectivity index (χ0n) is 7.42. The van der Waals surface area contributed by atoms with Crippen molar-refractivity contribution in [2.45, 2.75) is 6.92 Å². The lowest BCUT2D eigenvalue weighted by atomic mass is 10.1. The van der Waals surface area contributed by atoms with Crippen LogP contribution < -0.4 is 0 Å². The smallest absolute Gasteiger partial charge is 0.0991 e. The molecule has 1 rings (SSSR count). The van der Waals surface area contributed by atoms with Gasteiger partial charge in [-0.2, -0.15) is 5.26 Å². The molecule has 1 aromatic rings. The monoisotopic (exact) mass is 235 g/mol. The Morgan fingerprint density at radius 2 is 2.31 bits per heavy atom. The topological polar surface area (TPSA) is 23.8 Å². The van der Waals surface area contributed by atoms with Crippen molar-refractivity contribution in [3.8, 4) is 6.07 Å². The number of benzene rings is 1. The number of hydrogen-bond donors (Lipinski definition) is 0. The lowest BCUT2D eigenvalue weighted by Crippen LogP contribution is -1.82. The highest BCUT2D eigenvalue weighted by Crippen LogP contribution is 2.12. The van der Waals surface area contributed by atoms with E-state index in [1.54, 1.807) is 0 Å². The van der Waals surface area contributed by atoms with E-state index in [0.29, 0.717) is 5.56 Å². The minimum Gasteiger partial charge on any atom is -0.192 e. The van der Waals surface area contributed by atoms with Crippen LogP contribution in [0.5, 0.6) is 0 Å². The molecule has 0 fully saturated rings. The van der Waals surface area contributed by atoms with Crippen molar-refractivity contribution in [3.63, 3.8) is 0 Å². The van der Waals surface area contributed by atoms with Gasteiger partial charge < -0.3 is 0 Å². The molecule has 0 heterocycles. The molecular formula is C11H10BrN. The fourth-order valence-electron chi connectivity index (χ4n) is 1.10. The van der Waals surface area contributed by atoms with Crippen LogP contribution in [0, 0.1) is 18.3 Å². The third kappa shape index (κ3) is 2.71. The predicted molar refractivity (Wildman–Crippen MR) is 58.7 cm³/mol. The third-order valence-corrected chi connectivity index (χ3v) is 2.16. The number of nitriles is 1. The first-order chi connectivity index (χ1) is 6.27. The fraction of sp³-hybridized carbons (Fsp3) is 0.182. The summed E-state index contributed by atoms with van der Waals surface area (Å²) in [7, 11) is 0. The summed E-state index contributed by atoms with van der Waals surface area (Å²) in [5, 5.41) is 9.51. The molecule has 66 valence electrons. The number of halogens is 1. The predicted octanol–water partition coefficient (Wildman–Crippen LogP) is 3.27. The SMILES string of the molecule is Cc1cc(C#N)ccc1C=CCBr. The standard InChI is InChI=1S/C11H10BrN/c1-9-7-10(8-13)4-5-11(9)3-2-6-12/h2-5,7H,6H2,1H3. The first-order valence-corrected chi connectivity index (χ1v) is 5.13. The van der Waals surface area contributed by atoms with Crippen molar-refractivity contribution in [3.05, 3.63) is 41.0 Å². The lowest BCUT2D eigenvalue weighted by Gasteiger charge is -1.99. The molecule has 0 aliphatic heterocycles. The number of hydrogen-bond acceptors (Lipinski definition) is 1. The van der Waals surface area contributed by atoms with E-state index in [1.165, 1.54) is 5.56 Å². The molecule has 0 saturated heterocycles. The molecule has 0 aliphatic rings. The highest BCUT2D eigenvalue weighted by Gasteiger charge is 1.95. The summed E-state index contributed by atoms with van der Waals surface area (Å²) in [6.07, 6.45) is 4.08. The Kier molecular flexibility index (Phi) is 3.72. The normalized spacial score (nSPS) is 10.2. The van der Waals surface area contributed by atoms with Gasteiger partial charge >= 0.3 is 0 Å². The molecule has 1 nitrogen and oxygen atoms in total. The first-order valence-electron chi connectivity index (χ1n) is 4.01. The van der Waals surface area contributed by atoms with E-state index in [4.69, 9.17) is 5.26 Å². The van der Waals surface area contributed by atoms with Crippen LogP contribution in [-0.4, -0.2) is 5.33 Å². The Hall–Kier alpha value is -1.07. The van der Waals surface area contributed by atoms with Gasteiger partial charge in [0.15, 0.2) is 0 Å². The van der Waals surface area contributed by atoms with Crippen molar-refractivity contribution in [2.75, 3.05) is 5.33 Å². The molecule has 0 unspecified atom stereocenters. The van der Waals surface area contributed by atoms with Crippen LogP contribution in [0.25, 0.3) is 6.08 Å². The van der Waals surface area contributed by atoms with Crippen molar-refractivity contribution in [1.29, 1.82) is 5.26 Å². The molecule has 0 aliphatic carbocycles. The van der Waals surface area contributed by atoms with Crippen molar-refractivity contribution < 1.29 is 0 Å². The molecule has 2 heteroatoms. The molecule has 0 N–H and O–H groups in total. The van der Waals surface area contributed by atoms with Gasteiger partial charge in [-0.15, -0.1) is 0 Å². The van der Waals surface area contributed by atoms with Gasteiger partial charge in [0.1, 0.15) is 0 Å². The second kappa shape index (κ2) is 4.84. The highest BCUT2D eigenvalue weighted by molar-refractivity contribution is 9.09. The minimum absolute atomic E-state index is 0.716. The van der Waals surface area contributed by atoms with E-state index in [1.807, 2.05) is 37.3 Å². The quantitative estimate of drug-likeness (QED) is 0.723. The number of nitrogens with zero attached hydrogens (tertiary/aromatic N) is 1. The molecule has 13 heavy (non-hydrogen) atoms. The van der Waals surface area contributed by atoms with Crippen LogP contribution in [0.4, 0.5) is 0 Å². The zero-order valence-corrected chi connectivity index (χ0v) is 9.01. The summed E-state index contributed by atoms with van der Waals surface area (Å²) < 4.78 is 0. The molecule has 0 radical (unpaired) electrons. The number of allylic oxidation sites excluding steroid dienone is 1. The average Bonchev–Trinajstić information content (AvgIpc) is 2.16. The van der Waals surface area contributed by atoms with Crippen molar-refractivity contribution >= 4 is 22.0 Å². The van der Waals surface area contributed by atoms with Crippen LogP contribution in [0.15, 0.2) is 24.3 Å². The molecule has 0 saturated carbocycles. The summed E-state index contributed by atoms with van der Waals surface area (Å²) in [4.78, 5) is 0. The van der Waals surface area contributed by atoms with Gasteiger partial charge in [-0.25, -0.2) is 0 Å². The highest BCUT2D eigenvalue weighted by atomic mass is 79.9. The fourth-order valence-corrected chi connectivity index (χ4v) is 1.29. The zero-order chi connectivity index (χ0) is 9.68. The maximum atomic E-state index is 8.65. The van der Waals surface area contributed by atoms with Gasteiger partial charge in [-0.3, -0.25) is 0 Å². The molecule has 0 bridgehead atoms. The van der Waals surface area contributed by atoms with E-state index in [-0.39, 0.29) is 0 Å². The Labute approximate surface area is 86.8 Å². The summed E-state index contributed by atoms with van der Waals surface area (Å²) in [6.45, 7) is 2.01. The Morgan fingerprint density at radius 3 is 2.85 bits per heavy atom. The van der Waals surface area contributed by atoms with Crippen molar-refractivity contribution in [1.82, 2.24) is 0 Å². The summed E-state index contributed by atoms with van der Waals surface area (Å²) in [5.41, 5.74) is 3.02. The van der Waals surface area contributed by atoms with Crippen LogP contribution in [0.2, 0.25) is 0 Å². The molecule has 0 aromatic heterocycles. The summed E-state index contributed by atoms with van der Waals surface area (Å²) in [5.74, 6) is 0. The maximum absolute atomic E-state index is 8.65. The molecular weight excluding hydrogens is 226 g/mol. The second-order valence-corrected chi connectivity index (χ2v) is 3.39. The van der Waals surface area contributed by atoms with Crippen molar-refractivity contribution in [2.24, 2.45) is 0 Å².